The van der Waals surface area contributed by atoms with E-state index in [1.165, 1.54) is 27.6 Å². The minimum absolute atomic E-state index is 0.740. The van der Waals surface area contributed by atoms with Crippen molar-refractivity contribution >= 4 is 23.3 Å². The van der Waals surface area contributed by atoms with Gasteiger partial charge in [0, 0.05) is 31.5 Å². The molecule has 0 fully saturated rings. The summed E-state index contributed by atoms with van der Waals surface area (Å²) in [5.74, 6) is 0.929. The molecule has 4 nitrogen and oxygen atoms in total. The first-order chi connectivity index (χ1) is 10.2. The van der Waals surface area contributed by atoms with Gasteiger partial charge in [0.2, 0.25) is 0 Å². The van der Waals surface area contributed by atoms with Crippen molar-refractivity contribution in [3.63, 3.8) is 0 Å². The van der Waals surface area contributed by atoms with Crippen LogP contribution in [0.2, 0.25) is 0 Å². The van der Waals surface area contributed by atoms with Crippen molar-refractivity contribution in [2.24, 2.45) is 0 Å². The van der Waals surface area contributed by atoms with Gasteiger partial charge in [-0.15, -0.1) is 0 Å². The topological polar surface area (TPSA) is 47.0 Å². The standard InChI is InChI=1S/C15H21N3OS2/c1-4-14-17-15(21-18-14)20-13-6-5-12(11(2)9-13)10-16-7-8-19-3/h5-6,9,16H,4,7-8,10H2,1-3H3. The number of rotatable bonds is 8. The summed E-state index contributed by atoms with van der Waals surface area (Å²) in [6.07, 6.45) is 0.891. The Balaban J connectivity index is 1.94. The number of hydrogen-bond acceptors (Lipinski definition) is 6. The quantitative estimate of drug-likeness (QED) is 0.755. The fourth-order valence-electron chi connectivity index (χ4n) is 1.85. The lowest BCUT2D eigenvalue weighted by Gasteiger charge is -2.09. The van der Waals surface area contributed by atoms with E-state index in [1.807, 2.05) is 0 Å². The van der Waals surface area contributed by atoms with Crippen molar-refractivity contribution < 1.29 is 4.74 Å². The van der Waals surface area contributed by atoms with Crippen molar-refractivity contribution in [2.75, 3.05) is 20.3 Å². The zero-order valence-electron chi connectivity index (χ0n) is 12.7. The van der Waals surface area contributed by atoms with Crippen LogP contribution in [0.1, 0.15) is 23.9 Å². The molecule has 114 valence electrons. The Morgan fingerprint density at radius 3 is 2.90 bits per heavy atom. The minimum atomic E-state index is 0.740. The first-order valence-corrected chi connectivity index (χ1v) is 8.61. The molecule has 2 aromatic rings. The van der Waals surface area contributed by atoms with Gasteiger partial charge in [-0.1, -0.05) is 24.8 Å². The van der Waals surface area contributed by atoms with Crippen LogP contribution in [0.15, 0.2) is 27.4 Å². The number of hydrogen-bond donors (Lipinski definition) is 1. The molecule has 0 aliphatic heterocycles. The van der Waals surface area contributed by atoms with Crippen LogP contribution in [0.25, 0.3) is 0 Å². The van der Waals surface area contributed by atoms with Gasteiger partial charge in [-0.05, 0) is 41.7 Å². The molecule has 0 saturated heterocycles. The number of nitrogens with one attached hydrogen (secondary N) is 1. The Labute approximate surface area is 134 Å². The van der Waals surface area contributed by atoms with Gasteiger partial charge >= 0.3 is 0 Å². The fraction of sp³-hybridized carbons (Fsp3) is 0.467. The SMILES string of the molecule is CCc1nsc(Sc2ccc(CNCCOC)c(C)c2)n1. The van der Waals surface area contributed by atoms with Gasteiger partial charge in [0.05, 0.1) is 6.61 Å². The molecule has 0 bridgehead atoms. The van der Waals surface area contributed by atoms with E-state index >= 15 is 0 Å². The van der Waals surface area contributed by atoms with Crippen LogP contribution < -0.4 is 5.32 Å². The van der Waals surface area contributed by atoms with Crippen LogP contribution >= 0.6 is 23.3 Å². The molecule has 1 heterocycles. The molecule has 0 aliphatic rings. The van der Waals surface area contributed by atoms with Gasteiger partial charge in [-0.2, -0.15) is 4.37 Å². The van der Waals surface area contributed by atoms with Gasteiger partial charge in [0.15, 0.2) is 4.34 Å². The van der Waals surface area contributed by atoms with Crippen LogP contribution in [0.3, 0.4) is 0 Å². The third kappa shape index (κ3) is 5.07. The highest BCUT2D eigenvalue weighted by Gasteiger charge is 2.06. The molecule has 1 N–H and O–H groups in total. The predicted octanol–water partition coefficient (Wildman–Crippen LogP) is 3.30. The Morgan fingerprint density at radius 1 is 1.38 bits per heavy atom. The maximum atomic E-state index is 5.03. The molecule has 6 heteroatoms. The van der Waals surface area contributed by atoms with E-state index in [0.29, 0.717) is 0 Å². The Hall–Kier alpha value is -0.950. The normalized spacial score (nSPS) is 11.0. The van der Waals surface area contributed by atoms with E-state index in [9.17, 15) is 0 Å². The van der Waals surface area contributed by atoms with Crippen molar-refractivity contribution in [1.82, 2.24) is 14.7 Å². The molecular weight excluding hydrogens is 302 g/mol. The zero-order chi connectivity index (χ0) is 15.1. The first kappa shape index (κ1) is 16.4. The molecule has 0 radical (unpaired) electrons. The van der Waals surface area contributed by atoms with Crippen molar-refractivity contribution in [2.45, 2.75) is 36.0 Å². The number of benzene rings is 1. The Bertz CT molecular complexity index is 572. The maximum absolute atomic E-state index is 5.03. The molecule has 0 amide bonds. The van der Waals surface area contributed by atoms with Gasteiger partial charge in [0.1, 0.15) is 5.82 Å². The van der Waals surface area contributed by atoms with E-state index in [1.54, 1.807) is 18.9 Å². The summed E-state index contributed by atoms with van der Waals surface area (Å²) in [5.41, 5.74) is 2.62. The smallest absolute Gasteiger partial charge is 0.174 e. The molecule has 1 aromatic carbocycles. The summed E-state index contributed by atoms with van der Waals surface area (Å²) < 4.78 is 10.4. The summed E-state index contributed by atoms with van der Waals surface area (Å²) in [7, 11) is 1.72. The monoisotopic (exact) mass is 323 g/mol. The lowest BCUT2D eigenvalue weighted by molar-refractivity contribution is 0.199. The summed E-state index contributed by atoms with van der Waals surface area (Å²) in [4.78, 5) is 5.71. The van der Waals surface area contributed by atoms with Crippen LogP contribution in [0, 0.1) is 6.92 Å². The molecule has 1 aromatic heterocycles. The summed E-state index contributed by atoms with van der Waals surface area (Å²) in [6.45, 7) is 6.71. The molecule has 0 saturated carbocycles. The zero-order valence-corrected chi connectivity index (χ0v) is 14.3. The van der Waals surface area contributed by atoms with E-state index < -0.39 is 0 Å². The van der Waals surface area contributed by atoms with E-state index in [0.717, 1.165) is 36.3 Å². The summed E-state index contributed by atoms with van der Waals surface area (Å²) in [6, 6.07) is 6.54. The highest BCUT2D eigenvalue weighted by atomic mass is 32.2. The largest absolute Gasteiger partial charge is 0.383 e. The van der Waals surface area contributed by atoms with Crippen LogP contribution in [0.5, 0.6) is 0 Å². The number of ether oxygens (including phenoxy) is 1. The highest BCUT2D eigenvalue weighted by molar-refractivity contribution is 8.01. The molecule has 0 aliphatic carbocycles. The highest BCUT2D eigenvalue weighted by Crippen LogP contribution is 2.30. The van der Waals surface area contributed by atoms with Crippen LogP contribution in [-0.4, -0.2) is 29.6 Å². The number of aryl methyl sites for hydroxylation is 2. The predicted molar refractivity (Wildman–Crippen MR) is 88.2 cm³/mol. The van der Waals surface area contributed by atoms with Crippen LogP contribution in [0.4, 0.5) is 0 Å². The summed E-state index contributed by atoms with van der Waals surface area (Å²) >= 11 is 3.16. The molecular formula is C15H21N3OS2. The van der Waals surface area contributed by atoms with E-state index in [-0.39, 0.29) is 0 Å². The Kier molecular flexibility index (Phi) is 6.63. The van der Waals surface area contributed by atoms with Gasteiger partial charge in [0.25, 0.3) is 0 Å². The average Bonchev–Trinajstić information content (AvgIpc) is 2.93. The number of methoxy groups -OCH3 is 1. The third-order valence-corrected chi connectivity index (χ3v) is 4.86. The van der Waals surface area contributed by atoms with Crippen LogP contribution in [-0.2, 0) is 17.7 Å². The van der Waals surface area contributed by atoms with E-state index in [4.69, 9.17) is 4.74 Å². The number of aromatic nitrogens is 2. The second-order valence-electron chi connectivity index (χ2n) is 4.69. The number of nitrogens with zero attached hydrogens (tertiary/aromatic N) is 2. The molecule has 2 rings (SSSR count). The second kappa shape index (κ2) is 8.48. The maximum Gasteiger partial charge on any atom is 0.174 e. The average molecular weight is 323 g/mol. The Morgan fingerprint density at radius 2 is 2.24 bits per heavy atom. The third-order valence-electron chi connectivity index (χ3n) is 3.08. The van der Waals surface area contributed by atoms with Gasteiger partial charge < -0.3 is 10.1 Å². The van der Waals surface area contributed by atoms with E-state index in [2.05, 4.69) is 46.7 Å². The lowest BCUT2D eigenvalue weighted by atomic mass is 10.1. The van der Waals surface area contributed by atoms with Crippen molar-refractivity contribution in [3.05, 3.63) is 35.2 Å². The van der Waals surface area contributed by atoms with Crippen molar-refractivity contribution in [3.8, 4) is 0 Å². The molecule has 21 heavy (non-hydrogen) atoms. The van der Waals surface area contributed by atoms with Gasteiger partial charge in [-0.3, -0.25) is 0 Å². The minimum Gasteiger partial charge on any atom is -0.383 e. The van der Waals surface area contributed by atoms with Crippen molar-refractivity contribution in [1.29, 1.82) is 0 Å². The second-order valence-corrected chi connectivity index (χ2v) is 6.76. The summed E-state index contributed by atoms with van der Waals surface area (Å²) in [5, 5.41) is 3.37. The van der Waals surface area contributed by atoms with Gasteiger partial charge in [-0.25, -0.2) is 4.98 Å². The molecule has 0 spiro atoms. The molecule has 0 unspecified atom stereocenters. The first-order valence-electron chi connectivity index (χ1n) is 7.02. The molecule has 0 atom stereocenters. The fourth-order valence-corrected chi connectivity index (χ4v) is 3.62. The lowest BCUT2D eigenvalue weighted by Crippen LogP contribution is -2.19.